The lowest BCUT2D eigenvalue weighted by Gasteiger charge is -2.43. The molecule has 1 aliphatic rings. The van der Waals surface area contributed by atoms with Gasteiger partial charge in [0.05, 0.1) is 36.9 Å². The van der Waals surface area contributed by atoms with Gasteiger partial charge in [-0.05, 0) is 33.6 Å². The van der Waals surface area contributed by atoms with Gasteiger partial charge in [-0.25, -0.2) is 0 Å². The molecule has 0 bridgehead atoms. The molecule has 14 heteroatoms. The van der Waals surface area contributed by atoms with Gasteiger partial charge in [0, 0.05) is 20.7 Å². The molecule has 0 aliphatic carbocycles. The molecule has 1 rings (SSSR count). The van der Waals surface area contributed by atoms with Crippen molar-refractivity contribution in [3.63, 3.8) is 0 Å². The number of likely N-dealkylation sites (N-methyl/N-ethyl adjacent to an activating group) is 2. The van der Waals surface area contributed by atoms with Gasteiger partial charge in [0.25, 0.3) is 0 Å². The lowest BCUT2D eigenvalue weighted by atomic mass is 9.95. The zero-order valence-corrected chi connectivity index (χ0v) is 19.6. The van der Waals surface area contributed by atoms with Crippen LogP contribution in [0.25, 0.3) is 0 Å². The number of nitrogens with one attached hydrogen (secondary N) is 3. The number of ether oxygens (including phenoxy) is 3. The molecule has 1 saturated heterocycles. The van der Waals surface area contributed by atoms with Gasteiger partial charge < -0.3 is 24.2 Å². The third kappa shape index (κ3) is 8.55. The van der Waals surface area contributed by atoms with E-state index in [9.17, 15) is 27.8 Å². The van der Waals surface area contributed by atoms with Crippen molar-refractivity contribution >= 4 is 5.91 Å². The van der Waals surface area contributed by atoms with Crippen molar-refractivity contribution in [3.05, 3.63) is 0 Å². The van der Waals surface area contributed by atoms with E-state index in [0.29, 0.717) is 11.5 Å². The third-order valence-electron chi connectivity index (χ3n) is 5.89. The summed E-state index contributed by atoms with van der Waals surface area (Å²) in [6.45, 7) is 3.95. The predicted octanol–water partition coefficient (Wildman–Crippen LogP) is 0.485. The molecule has 0 saturated carbocycles. The van der Waals surface area contributed by atoms with Crippen LogP contribution in [0.2, 0.25) is 0 Å². The molecule has 1 heterocycles. The van der Waals surface area contributed by atoms with Crippen LogP contribution >= 0.6 is 0 Å². The minimum absolute atomic E-state index is 0.0731. The summed E-state index contributed by atoms with van der Waals surface area (Å²) in [6, 6.07) is -3.17. The fourth-order valence-corrected chi connectivity index (χ4v) is 3.79. The van der Waals surface area contributed by atoms with Gasteiger partial charge in [-0.1, -0.05) is 0 Å². The molecule has 7 unspecified atom stereocenters. The Morgan fingerprint density at radius 3 is 2.45 bits per heavy atom. The summed E-state index contributed by atoms with van der Waals surface area (Å²) in [5.41, 5.74) is 4.30. The molecule has 0 aromatic heterocycles. The van der Waals surface area contributed by atoms with Crippen LogP contribution in [0.5, 0.6) is 0 Å². The van der Waals surface area contributed by atoms with E-state index in [1.54, 1.807) is 19.4 Å². The molecule has 0 radical (unpaired) electrons. The summed E-state index contributed by atoms with van der Waals surface area (Å²) in [6.07, 6.45) is -5.02. The molecular weight excluding hydrogens is 454 g/mol. The SMILES string of the molecule is CCN(F)CC1CC[C@H](NF)C(OC(C(C)NF)C(O)C(C(C)OC)N(C)C(=O)CNF)O1. The van der Waals surface area contributed by atoms with Crippen LogP contribution < -0.4 is 16.6 Å². The normalized spacial score (nSPS) is 26.0. The number of carbonyl (C=O) groups excluding carboxylic acids is 1. The maximum atomic E-state index is 13.7. The molecule has 0 aromatic rings. The van der Waals surface area contributed by atoms with E-state index in [0.717, 1.165) is 4.90 Å². The molecule has 196 valence electrons. The number of rotatable bonds is 15. The van der Waals surface area contributed by atoms with Gasteiger partial charge in [-0.15, -0.1) is 28.6 Å². The molecule has 0 aromatic carbocycles. The van der Waals surface area contributed by atoms with Crippen molar-refractivity contribution in [1.29, 1.82) is 0 Å². The van der Waals surface area contributed by atoms with E-state index in [2.05, 4.69) is 0 Å². The minimum Gasteiger partial charge on any atom is -0.388 e. The van der Waals surface area contributed by atoms with Crippen LogP contribution in [0, 0.1) is 0 Å². The summed E-state index contributed by atoms with van der Waals surface area (Å²) >= 11 is 0. The zero-order chi connectivity index (χ0) is 25.1. The van der Waals surface area contributed by atoms with Gasteiger partial charge in [0.1, 0.15) is 18.8 Å². The van der Waals surface area contributed by atoms with Gasteiger partial charge in [-0.3, -0.25) is 4.79 Å². The summed E-state index contributed by atoms with van der Waals surface area (Å²) in [7, 11) is 2.67. The number of hydrogen-bond acceptors (Lipinski definition) is 9. The fourth-order valence-electron chi connectivity index (χ4n) is 3.79. The first-order valence-corrected chi connectivity index (χ1v) is 10.9. The molecule has 10 nitrogen and oxygen atoms in total. The number of hydrogen-bond donors (Lipinski definition) is 4. The summed E-state index contributed by atoms with van der Waals surface area (Å²) in [4.78, 5) is 13.3. The van der Waals surface area contributed by atoms with Crippen molar-refractivity contribution in [2.24, 2.45) is 0 Å². The molecule has 4 N–H and O–H groups in total. The van der Waals surface area contributed by atoms with Crippen LogP contribution in [0.1, 0.15) is 33.6 Å². The molecule has 1 fully saturated rings. The predicted molar refractivity (Wildman–Crippen MR) is 111 cm³/mol. The van der Waals surface area contributed by atoms with Crippen molar-refractivity contribution in [1.82, 2.24) is 26.6 Å². The smallest absolute Gasteiger partial charge is 0.239 e. The van der Waals surface area contributed by atoms with Crippen LogP contribution in [-0.2, 0) is 19.0 Å². The van der Waals surface area contributed by atoms with E-state index in [1.807, 2.05) is 0 Å². The average molecular weight is 492 g/mol. The second kappa shape index (κ2) is 15.0. The van der Waals surface area contributed by atoms with Crippen LogP contribution in [0.15, 0.2) is 0 Å². The first-order chi connectivity index (χ1) is 15.6. The Labute approximate surface area is 191 Å². The van der Waals surface area contributed by atoms with Gasteiger partial charge in [0.15, 0.2) is 6.29 Å². The van der Waals surface area contributed by atoms with Crippen molar-refractivity contribution in [3.8, 4) is 0 Å². The number of methoxy groups -OCH3 is 1. The summed E-state index contributed by atoms with van der Waals surface area (Å²) in [5.74, 6) is -0.704. The first-order valence-electron chi connectivity index (χ1n) is 10.9. The average Bonchev–Trinajstić information content (AvgIpc) is 2.81. The second-order valence-corrected chi connectivity index (χ2v) is 8.12. The van der Waals surface area contributed by atoms with Crippen LogP contribution in [0.4, 0.5) is 17.9 Å². The van der Waals surface area contributed by atoms with Crippen molar-refractivity contribution in [2.75, 3.05) is 33.8 Å². The largest absolute Gasteiger partial charge is 0.388 e. The molecule has 1 aliphatic heterocycles. The highest BCUT2D eigenvalue weighted by Gasteiger charge is 2.43. The highest BCUT2D eigenvalue weighted by atomic mass is 19.2. The third-order valence-corrected chi connectivity index (χ3v) is 5.89. The fraction of sp³-hybridized carbons (Fsp3) is 0.947. The Morgan fingerprint density at radius 2 is 1.94 bits per heavy atom. The van der Waals surface area contributed by atoms with Gasteiger partial charge in [-0.2, -0.15) is 11.1 Å². The maximum absolute atomic E-state index is 13.7. The number of halogens is 4. The number of amides is 1. The lowest BCUT2D eigenvalue weighted by Crippen LogP contribution is -2.61. The topological polar surface area (TPSA) is 108 Å². The molecule has 1 amide bonds. The van der Waals surface area contributed by atoms with Gasteiger partial charge >= 0.3 is 0 Å². The lowest BCUT2D eigenvalue weighted by molar-refractivity contribution is -0.262. The van der Waals surface area contributed by atoms with Gasteiger partial charge in [0.2, 0.25) is 5.91 Å². The molecule has 8 atom stereocenters. The summed E-state index contributed by atoms with van der Waals surface area (Å²) in [5, 5.41) is 11.7. The van der Waals surface area contributed by atoms with E-state index in [1.165, 1.54) is 32.2 Å². The Balaban J connectivity index is 3.14. The quantitative estimate of drug-likeness (QED) is 0.192. The molecule has 0 spiro atoms. The monoisotopic (exact) mass is 491 g/mol. The van der Waals surface area contributed by atoms with Crippen LogP contribution in [-0.4, -0.2) is 104 Å². The molecule has 33 heavy (non-hydrogen) atoms. The highest BCUT2D eigenvalue weighted by Crippen LogP contribution is 2.26. The van der Waals surface area contributed by atoms with Crippen LogP contribution in [0.3, 0.4) is 0 Å². The van der Waals surface area contributed by atoms with Crippen molar-refractivity contribution < 1.29 is 42.0 Å². The van der Waals surface area contributed by atoms with Crippen molar-refractivity contribution in [2.45, 2.75) is 82.4 Å². The number of aliphatic hydroxyl groups is 1. The Bertz CT molecular complexity index is 573. The maximum Gasteiger partial charge on any atom is 0.239 e. The summed E-state index contributed by atoms with van der Waals surface area (Å²) < 4.78 is 69.8. The Morgan fingerprint density at radius 1 is 1.27 bits per heavy atom. The Hall–Kier alpha value is -1.13. The zero-order valence-electron chi connectivity index (χ0n) is 19.6. The minimum atomic E-state index is -1.57. The Kier molecular flexibility index (Phi) is 13.6. The second-order valence-electron chi connectivity index (χ2n) is 8.12. The molecular formula is C19H37F4N5O5. The highest BCUT2D eigenvalue weighted by molar-refractivity contribution is 5.78. The first kappa shape index (κ1) is 29.9. The van der Waals surface area contributed by atoms with E-state index in [-0.39, 0.29) is 19.5 Å². The van der Waals surface area contributed by atoms with E-state index in [4.69, 9.17) is 14.2 Å². The standard InChI is InChI=1S/C19H37F4N5O5/c1-6-28(23)10-13-7-8-14(26-22)19(32-13)33-18(11(2)25-21)17(30)16(12(3)31-5)27(4)15(29)9-24-20/h11-14,16-19,24-26,30H,6-10H2,1-5H3/t11?,12?,13?,14-,16?,17?,18?,19?/m0/s1. The number of carbonyl (C=O) groups is 1. The van der Waals surface area contributed by atoms with E-state index >= 15 is 0 Å². The number of aliphatic hydroxyl groups excluding tert-OH is 1. The van der Waals surface area contributed by atoms with E-state index < -0.39 is 61.3 Å². The number of nitrogens with zero attached hydrogens (tertiary/aromatic N) is 2.